The molecule has 0 radical (unpaired) electrons. The Balaban J connectivity index is 0.000000281. The number of aliphatic hydroxyl groups excluding tert-OH is 1. The summed E-state index contributed by atoms with van der Waals surface area (Å²) in [7, 11) is 0. The largest absolute Gasteiger partial charge is 0.394 e. The zero-order chi connectivity index (χ0) is 41.9. The number of amides is 3. The summed E-state index contributed by atoms with van der Waals surface area (Å²) in [6.45, 7) is 9.80. The van der Waals surface area contributed by atoms with E-state index in [1.807, 2.05) is 59.2 Å². The zero-order valence-corrected chi connectivity index (χ0v) is 34.1. The van der Waals surface area contributed by atoms with Crippen molar-refractivity contribution in [2.24, 2.45) is 22.7 Å². The number of primary amides is 1. The van der Waals surface area contributed by atoms with Crippen molar-refractivity contribution in [1.29, 1.82) is 0 Å². The second-order valence-electron chi connectivity index (χ2n) is 15.4. The Morgan fingerprint density at radius 2 is 1.72 bits per heavy atom. The molecule has 312 valence electrons. The Labute approximate surface area is 342 Å². The van der Waals surface area contributed by atoms with E-state index in [-0.39, 0.29) is 36.7 Å². The van der Waals surface area contributed by atoms with Crippen LogP contribution in [0.3, 0.4) is 0 Å². The average molecular weight is 820 g/mol. The molecule has 1 aromatic heterocycles. The number of piperidine rings is 2. The van der Waals surface area contributed by atoms with Gasteiger partial charge in [-0.25, -0.2) is 4.79 Å². The van der Waals surface area contributed by atoms with Crippen molar-refractivity contribution in [2.75, 3.05) is 50.8 Å². The van der Waals surface area contributed by atoms with Gasteiger partial charge in [-0.3, -0.25) is 28.7 Å². The number of aliphatic hydroxyl groups is 1. The summed E-state index contributed by atoms with van der Waals surface area (Å²) in [5.74, 6) is 0.383. The van der Waals surface area contributed by atoms with Crippen LogP contribution in [0.4, 0.5) is 5.69 Å². The molecule has 3 aromatic rings. The van der Waals surface area contributed by atoms with Crippen LogP contribution in [0, 0.1) is 25.7 Å². The molecule has 3 fully saturated rings. The maximum absolute atomic E-state index is 13.7. The molecule has 0 saturated carbocycles. The molecule has 3 aliphatic rings. The molecule has 3 saturated heterocycles. The number of benzene rings is 2. The van der Waals surface area contributed by atoms with E-state index in [2.05, 4.69) is 19.9 Å². The van der Waals surface area contributed by atoms with Crippen LogP contribution in [-0.2, 0) is 20.7 Å². The topological polar surface area (TPSA) is 220 Å². The summed E-state index contributed by atoms with van der Waals surface area (Å²) in [5, 5.41) is 13.3. The first-order valence-corrected chi connectivity index (χ1v) is 20.2. The summed E-state index contributed by atoms with van der Waals surface area (Å²) in [5.41, 5.74) is 16.8. The summed E-state index contributed by atoms with van der Waals surface area (Å²) < 4.78 is 6.69. The highest BCUT2D eigenvalue weighted by atomic mass is 35.5. The van der Waals surface area contributed by atoms with Gasteiger partial charge in [-0.05, 0) is 119 Å². The quantitative estimate of drug-likeness (QED) is 0.134. The summed E-state index contributed by atoms with van der Waals surface area (Å²) in [6, 6.07) is 13.0. The number of rotatable bonds is 12. The third-order valence-electron chi connectivity index (χ3n) is 11.4. The van der Waals surface area contributed by atoms with Gasteiger partial charge in [0.15, 0.2) is 0 Å². The van der Waals surface area contributed by atoms with Crippen molar-refractivity contribution >= 4 is 35.0 Å². The number of likely N-dealkylation sites (tertiary alicyclic amines) is 2. The van der Waals surface area contributed by atoms with E-state index in [1.54, 1.807) is 13.8 Å². The van der Waals surface area contributed by atoms with Crippen LogP contribution in [0.5, 0.6) is 0 Å². The van der Waals surface area contributed by atoms with E-state index >= 15 is 0 Å². The van der Waals surface area contributed by atoms with Crippen LogP contribution in [0.2, 0.25) is 5.02 Å². The fraction of sp³-hybridized carbons (Fsp3) is 0.537. The number of aryl methyl sites for hydroxylation is 2. The number of carbonyl (C=O) groups excluding carboxylic acids is 3. The lowest BCUT2D eigenvalue weighted by molar-refractivity contribution is -0.133. The van der Waals surface area contributed by atoms with Gasteiger partial charge in [-0.15, -0.1) is 0 Å². The van der Waals surface area contributed by atoms with Gasteiger partial charge in [0.05, 0.1) is 18.8 Å². The minimum Gasteiger partial charge on any atom is -0.394 e. The van der Waals surface area contributed by atoms with Crippen LogP contribution in [0.15, 0.2) is 63.4 Å². The number of hydrogen-bond donors (Lipinski definition) is 3. The van der Waals surface area contributed by atoms with E-state index in [4.69, 9.17) is 32.7 Å². The Kier molecular flexibility index (Phi) is 15.7. The van der Waals surface area contributed by atoms with Gasteiger partial charge < -0.3 is 30.3 Å². The molecule has 2 aromatic carbocycles. The normalized spacial score (nSPS) is 20.2. The first-order valence-electron chi connectivity index (χ1n) is 19.8. The van der Waals surface area contributed by atoms with Gasteiger partial charge in [-0.1, -0.05) is 34.9 Å². The van der Waals surface area contributed by atoms with Crippen LogP contribution < -0.4 is 21.9 Å². The number of H-pyrrole nitrogens is 1. The number of carbonyl (C=O) groups is 3. The molecule has 3 amide bonds. The molecule has 0 unspecified atom stereocenters. The number of hydrogen-bond acceptors (Lipinski definition) is 9. The minimum absolute atomic E-state index is 0.0755. The van der Waals surface area contributed by atoms with Gasteiger partial charge in [0.1, 0.15) is 6.23 Å². The highest BCUT2D eigenvalue weighted by Crippen LogP contribution is 2.30. The van der Waals surface area contributed by atoms with E-state index in [0.29, 0.717) is 54.5 Å². The van der Waals surface area contributed by atoms with Crippen molar-refractivity contribution in [3.05, 3.63) is 107 Å². The number of ether oxygens (including phenoxy) is 1. The Morgan fingerprint density at radius 3 is 2.33 bits per heavy atom. The zero-order valence-electron chi connectivity index (χ0n) is 33.4. The van der Waals surface area contributed by atoms with Gasteiger partial charge in [0.2, 0.25) is 17.7 Å². The maximum atomic E-state index is 13.7. The number of halogens is 1. The number of aromatic amines is 1. The SMILES string of the molecule is CC(=O)N1CCC(C(=O)N(CCCN2CCC(Cc3ccc(C(N)=O)cc3)CC2)c2ccc(C)c(Cl)c2)CC1.Cc1cn([C@H]2C[C@H](N=[N+]=[N-])[C@@H](CO)O2)c(=O)[nH]c1=O. The molecule has 4 N–H and O–H groups in total. The maximum Gasteiger partial charge on any atom is 0.330 e. The fourth-order valence-corrected chi connectivity index (χ4v) is 8.00. The second-order valence-corrected chi connectivity index (χ2v) is 15.8. The van der Waals surface area contributed by atoms with Crippen molar-refractivity contribution in [2.45, 2.75) is 84.1 Å². The molecule has 16 nitrogen and oxygen atoms in total. The number of nitrogens with zero attached hydrogens (tertiary/aromatic N) is 7. The molecule has 0 aliphatic carbocycles. The number of nitrogens with one attached hydrogen (secondary N) is 1. The molecule has 4 heterocycles. The molecule has 0 bridgehead atoms. The van der Waals surface area contributed by atoms with Crippen LogP contribution in [0.1, 0.15) is 78.7 Å². The first-order chi connectivity index (χ1) is 27.8. The second kappa shape index (κ2) is 20.6. The molecule has 58 heavy (non-hydrogen) atoms. The molecule has 6 rings (SSSR count). The Bertz CT molecular complexity index is 2070. The van der Waals surface area contributed by atoms with E-state index < -0.39 is 29.6 Å². The van der Waals surface area contributed by atoms with Crippen molar-refractivity contribution in [3.63, 3.8) is 0 Å². The van der Waals surface area contributed by atoms with Gasteiger partial charge >= 0.3 is 5.69 Å². The van der Waals surface area contributed by atoms with Crippen molar-refractivity contribution < 1.29 is 24.2 Å². The van der Waals surface area contributed by atoms with E-state index in [0.717, 1.165) is 56.6 Å². The smallest absolute Gasteiger partial charge is 0.330 e. The van der Waals surface area contributed by atoms with E-state index in [9.17, 15) is 24.0 Å². The highest BCUT2D eigenvalue weighted by molar-refractivity contribution is 6.31. The highest BCUT2D eigenvalue weighted by Gasteiger charge is 2.36. The first kappa shape index (κ1) is 44.1. The lowest BCUT2D eigenvalue weighted by Crippen LogP contribution is -2.45. The number of anilines is 1. The van der Waals surface area contributed by atoms with Crippen molar-refractivity contribution in [1.82, 2.24) is 19.4 Å². The lowest BCUT2D eigenvalue weighted by Gasteiger charge is -2.35. The Hall–Kier alpha value is -4.99. The Morgan fingerprint density at radius 1 is 1.03 bits per heavy atom. The van der Waals surface area contributed by atoms with Crippen molar-refractivity contribution in [3.8, 4) is 0 Å². The van der Waals surface area contributed by atoms with Gasteiger partial charge in [-0.2, -0.15) is 0 Å². The predicted octanol–water partition coefficient (Wildman–Crippen LogP) is 4.49. The van der Waals surface area contributed by atoms with Gasteiger partial charge in [0.25, 0.3) is 5.56 Å². The van der Waals surface area contributed by atoms with E-state index in [1.165, 1.54) is 16.3 Å². The molecule has 0 spiro atoms. The number of nitrogens with two attached hydrogens (primary N) is 1. The van der Waals surface area contributed by atoms with Crippen LogP contribution in [-0.4, -0.2) is 100 Å². The minimum atomic E-state index is -0.671. The van der Waals surface area contributed by atoms with Crippen LogP contribution in [0.25, 0.3) is 10.4 Å². The monoisotopic (exact) mass is 819 g/mol. The summed E-state index contributed by atoms with van der Waals surface area (Å²) in [6.07, 6.45) is 5.93. The molecule has 17 heteroatoms. The summed E-state index contributed by atoms with van der Waals surface area (Å²) >= 11 is 6.44. The number of azide groups is 1. The number of aromatic nitrogens is 2. The molecule has 3 atom stereocenters. The average Bonchev–Trinajstić information content (AvgIpc) is 3.62. The van der Waals surface area contributed by atoms with Gasteiger partial charge in [0, 0.05) is 71.8 Å². The lowest BCUT2D eigenvalue weighted by atomic mass is 9.90. The molecular weight excluding hydrogens is 766 g/mol. The standard InChI is InChI=1S/C31H41ClN4O3.C10H13N5O4/c1-22-4-9-28(21-29(22)32)36(31(39)27-12-18-35(19-13-27)23(2)37)15-3-14-34-16-10-25(11-17-34)20-24-5-7-26(8-6-24)30(33)38;1-5-3-15(10(18)12-9(5)17)8-2-6(13-14-11)7(4-16)19-8/h4-9,21,25,27H,3,10-20H2,1-2H3,(H2,33,38);3,6-8,16H,2,4H2,1H3,(H,12,17,18)/t;6-,7+,8+/m.0/s1. The predicted molar refractivity (Wildman–Crippen MR) is 221 cm³/mol. The van der Waals surface area contributed by atoms with Crippen LogP contribution >= 0.6 is 11.6 Å². The summed E-state index contributed by atoms with van der Waals surface area (Å²) in [4.78, 5) is 70.8. The molecule has 3 aliphatic heterocycles. The fourth-order valence-electron chi connectivity index (χ4n) is 7.82. The third kappa shape index (κ3) is 11.6. The molecular formula is C41H54ClN9O7. The third-order valence-corrected chi connectivity index (χ3v) is 11.8.